The summed E-state index contributed by atoms with van der Waals surface area (Å²) < 4.78 is 0. The van der Waals surface area contributed by atoms with Crippen molar-refractivity contribution in [3.8, 4) is 11.5 Å². The van der Waals surface area contributed by atoms with Gasteiger partial charge in [0.1, 0.15) is 11.5 Å². The summed E-state index contributed by atoms with van der Waals surface area (Å²) in [5.41, 5.74) is 25.6. The van der Waals surface area contributed by atoms with E-state index in [2.05, 4.69) is 20.6 Å². The molecule has 2 saturated heterocycles. The molecular weight excluding hydrogens is 550 g/mol. The van der Waals surface area contributed by atoms with Gasteiger partial charge in [0.2, 0.25) is 17.8 Å². The lowest BCUT2D eigenvalue weighted by Gasteiger charge is -2.37. The fraction of sp³-hybridized carbons (Fsp3) is 0.385. The predicted molar refractivity (Wildman–Crippen MR) is 160 cm³/mol. The first kappa shape index (κ1) is 30.0. The van der Waals surface area contributed by atoms with Crippen molar-refractivity contribution >= 4 is 47.5 Å². The Morgan fingerprint density at radius 2 is 1.32 bits per heavy atom. The van der Waals surface area contributed by atoms with E-state index < -0.39 is 5.91 Å². The molecule has 2 aromatic carbocycles. The van der Waals surface area contributed by atoms with Crippen molar-refractivity contribution in [2.75, 3.05) is 46.6 Å². The summed E-state index contributed by atoms with van der Waals surface area (Å²) in [6.07, 6.45) is 1.42. The normalized spacial score (nSPS) is 22.5. The highest BCUT2D eigenvalue weighted by atomic mass is 35.5. The number of nitrogens with two attached hydrogens (primary N) is 4. The number of nitrogens with one attached hydrogen (secondary N) is 2. The maximum atomic E-state index is 12.6. The highest BCUT2D eigenvalue weighted by Crippen LogP contribution is 2.30. The molecule has 41 heavy (non-hydrogen) atoms. The van der Waals surface area contributed by atoms with Gasteiger partial charge in [-0.25, -0.2) is 0 Å². The molecule has 12 N–H and O–H groups in total. The van der Waals surface area contributed by atoms with E-state index in [1.165, 1.54) is 24.3 Å². The first-order valence-electron chi connectivity index (χ1n) is 13.1. The molecule has 3 aromatic rings. The second-order valence-corrected chi connectivity index (χ2v) is 10.4. The molecule has 4 atom stereocenters. The summed E-state index contributed by atoms with van der Waals surface area (Å²) in [4.78, 5) is 30.4. The minimum atomic E-state index is -0.559. The number of amides is 1. The molecule has 2 aliphatic rings. The summed E-state index contributed by atoms with van der Waals surface area (Å²) in [5, 5.41) is 26.3. The van der Waals surface area contributed by atoms with Crippen LogP contribution in [-0.4, -0.2) is 81.4 Å². The van der Waals surface area contributed by atoms with Crippen LogP contribution in [0.5, 0.6) is 11.5 Å². The van der Waals surface area contributed by atoms with Crippen molar-refractivity contribution in [2.24, 2.45) is 22.9 Å². The standard InChI is InChI=1S/C26H35N11O3.ClH/c27-14-7-15(28)11-36(10-14)25-33-24(34-26(35-25)37-12-16(29)8-17(30)13-37)31-18-5-6-20(22(39)9-18)32-23(40)19-3-1-2-4-21(19)38;/h1-6,9,14-17,38-39H,7-8,10-13,27-30H2,(H,32,40)(H,31,33,34,35);1H/t14-,15+,16-,17+;. The fourth-order valence-corrected chi connectivity index (χ4v) is 5.08. The Morgan fingerprint density at radius 3 is 1.83 bits per heavy atom. The van der Waals surface area contributed by atoms with Gasteiger partial charge in [0.25, 0.3) is 5.91 Å². The zero-order valence-corrected chi connectivity index (χ0v) is 23.2. The van der Waals surface area contributed by atoms with E-state index in [0.717, 1.165) is 0 Å². The van der Waals surface area contributed by atoms with Crippen LogP contribution < -0.4 is 43.4 Å². The van der Waals surface area contributed by atoms with Crippen molar-refractivity contribution < 1.29 is 15.0 Å². The van der Waals surface area contributed by atoms with Crippen LogP contribution in [0, 0.1) is 0 Å². The van der Waals surface area contributed by atoms with Gasteiger partial charge in [0.15, 0.2) is 0 Å². The molecule has 15 heteroatoms. The van der Waals surface area contributed by atoms with Gasteiger partial charge in [0, 0.05) is 62.1 Å². The zero-order valence-electron chi connectivity index (χ0n) is 22.3. The number of carbonyl (C=O) groups excluding carboxylic acids is 1. The molecule has 0 unspecified atom stereocenters. The molecule has 1 aromatic heterocycles. The Labute approximate surface area is 243 Å². The molecule has 0 spiro atoms. The Hall–Kier alpha value is -3.95. The molecule has 2 fully saturated rings. The lowest BCUT2D eigenvalue weighted by atomic mass is 10.0. The number of anilines is 5. The van der Waals surface area contributed by atoms with Gasteiger partial charge in [-0.15, -0.1) is 12.4 Å². The Balaban J connectivity index is 0.00000387. The summed E-state index contributed by atoms with van der Waals surface area (Å²) in [6.45, 7) is 2.17. The molecule has 2 aliphatic heterocycles. The Kier molecular flexibility index (Phi) is 9.30. The molecular formula is C26H36ClN11O3. The topological polar surface area (TPSA) is 231 Å². The molecule has 0 saturated carbocycles. The van der Waals surface area contributed by atoms with E-state index in [1.54, 1.807) is 18.2 Å². The average Bonchev–Trinajstić information content (AvgIpc) is 2.89. The van der Waals surface area contributed by atoms with Crippen LogP contribution in [0.2, 0.25) is 0 Å². The number of piperidine rings is 2. The molecule has 0 radical (unpaired) electrons. The second kappa shape index (κ2) is 12.7. The Bertz CT molecular complexity index is 1320. The molecule has 14 nitrogen and oxygen atoms in total. The van der Waals surface area contributed by atoms with Crippen molar-refractivity contribution in [3.05, 3.63) is 48.0 Å². The number of hydrogen-bond donors (Lipinski definition) is 8. The highest BCUT2D eigenvalue weighted by Gasteiger charge is 2.29. The van der Waals surface area contributed by atoms with Crippen LogP contribution in [0.4, 0.5) is 29.2 Å². The number of aromatic hydroxyl groups is 2. The first-order chi connectivity index (χ1) is 19.1. The van der Waals surface area contributed by atoms with Crippen LogP contribution in [0.1, 0.15) is 23.2 Å². The van der Waals surface area contributed by atoms with E-state index in [9.17, 15) is 15.0 Å². The number of phenols is 2. The van der Waals surface area contributed by atoms with Gasteiger partial charge in [-0.1, -0.05) is 12.1 Å². The third kappa shape index (κ3) is 7.23. The SMILES string of the molecule is Cl.N[C@@H]1C[C@H](N)CN(c2nc(Nc3ccc(NC(=O)c4ccccc4O)c(O)c3)nc(N3C[C@H](N)C[C@H](N)C3)n2)C1. The number of nitrogens with zero attached hydrogens (tertiary/aromatic N) is 5. The number of aromatic nitrogens is 3. The number of para-hydroxylation sites is 1. The van der Waals surface area contributed by atoms with E-state index in [-0.39, 0.29) is 65.3 Å². The third-order valence-corrected chi connectivity index (χ3v) is 6.86. The fourth-order valence-electron chi connectivity index (χ4n) is 5.08. The minimum Gasteiger partial charge on any atom is -0.507 e. The van der Waals surface area contributed by atoms with E-state index in [1.807, 2.05) is 9.80 Å². The van der Waals surface area contributed by atoms with Crippen molar-refractivity contribution in [3.63, 3.8) is 0 Å². The quantitative estimate of drug-likeness (QED) is 0.184. The third-order valence-electron chi connectivity index (χ3n) is 6.86. The van der Waals surface area contributed by atoms with Crippen LogP contribution in [0.25, 0.3) is 0 Å². The highest BCUT2D eigenvalue weighted by molar-refractivity contribution is 6.06. The van der Waals surface area contributed by atoms with Crippen molar-refractivity contribution in [2.45, 2.75) is 37.0 Å². The number of phenolic OH excluding ortho intramolecular Hbond substituents is 2. The molecule has 1 amide bonds. The number of benzene rings is 2. The smallest absolute Gasteiger partial charge is 0.259 e. The Morgan fingerprint density at radius 1 is 0.780 bits per heavy atom. The van der Waals surface area contributed by atoms with Crippen molar-refractivity contribution in [1.29, 1.82) is 0 Å². The number of hydrogen-bond acceptors (Lipinski definition) is 13. The largest absolute Gasteiger partial charge is 0.507 e. The van der Waals surface area contributed by atoms with Crippen LogP contribution in [-0.2, 0) is 0 Å². The average molecular weight is 586 g/mol. The summed E-state index contributed by atoms with van der Waals surface area (Å²) in [5.74, 6) is 0.167. The van der Waals surface area contributed by atoms with Gasteiger partial charge in [-0.3, -0.25) is 4.79 Å². The van der Waals surface area contributed by atoms with Crippen LogP contribution in [0.15, 0.2) is 42.5 Å². The van der Waals surface area contributed by atoms with Crippen LogP contribution >= 0.6 is 12.4 Å². The number of rotatable bonds is 6. The van der Waals surface area contributed by atoms with Gasteiger partial charge in [-0.05, 0) is 37.1 Å². The first-order valence-corrected chi connectivity index (χ1v) is 13.1. The molecule has 220 valence electrons. The van der Waals surface area contributed by atoms with Gasteiger partial charge in [-0.2, -0.15) is 15.0 Å². The van der Waals surface area contributed by atoms with E-state index in [0.29, 0.717) is 56.6 Å². The minimum absolute atomic E-state index is 0. The molecule has 3 heterocycles. The van der Waals surface area contributed by atoms with Crippen molar-refractivity contribution in [1.82, 2.24) is 15.0 Å². The number of halogens is 1. The predicted octanol–water partition coefficient (Wildman–Crippen LogP) is 0.430. The molecule has 0 aliphatic carbocycles. The summed E-state index contributed by atoms with van der Waals surface area (Å²) in [7, 11) is 0. The maximum absolute atomic E-state index is 12.6. The van der Waals surface area contributed by atoms with Gasteiger partial charge >= 0.3 is 0 Å². The lowest BCUT2D eigenvalue weighted by molar-refractivity contribution is 0.102. The van der Waals surface area contributed by atoms with Crippen LogP contribution in [0.3, 0.4) is 0 Å². The van der Waals surface area contributed by atoms with Gasteiger partial charge < -0.3 is 53.6 Å². The zero-order chi connectivity index (χ0) is 28.4. The molecule has 0 bridgehead atoms. The summed E-state index contributed by atoms with van der Waals surface area (Å²) in [6, 6.07) is 10.3. The summed E-state index contributed by atoms with van der Waals surface area (Å²) >= 11 is 0. The maximum Gasteiger partial charge on any atom is 0.259 e. The molecule has 5 rings (SSSR count). The lowest BCUT2D eigenvalue weighted by Crippen LogP contribution is -2.54. The van der Waals surface area contributed by atoms with E-state index >= 15 is 0 Å². The number of carbonyl (C=O) groups is 1. The van der Waals surface area contributed by atoms with E-state index in [4.69, 9.17) is 27.9 Å². The second-order valence-electron chi connectivity index (χ2n) is 10.4. The monoisotopic (exact) mass is 585 g/mol. The van der Waals surface area contributed by atoms with Gasteiger partial charge in [0.05, 0.1) is 11.3 Å².